The summed E-state index contributed by atoms with van der Waals surface area (Å²) in [6, 6.07) is 12.1. The van der Waals surface area contributed by atoms with E-state index in [1.165, 1.54) is 10.5 Å². The van der Waals surface area contributed by atoms with Crippen molar-refractivity contribution in [2.24, 2.45) is 4.99 Å². The number of rotatable bonds is 5. The molecule has 0 atom stereocenters. The topological polar surface area (TPSA) is 61.8 Å². The lowest BCUT2D eigenvalue weighted by Gasteiger charge is -2.15. The largest absolute Gasteiger partial charge is 0.352 e. The Labute approximate surface area is 175 Å². The number of fused-ring (bicyclic) bond motifs is 2. The average Bonchev–Trinajstić information content (AvgIpc) is 3.06. The van der Waals surface area contributed by atoms with Crippen LogP contribution in [0.3, 0.4) is 0 Å². The van der Waals surface area contributed by atoms with Crippen molar-refractivity contribution in [1.29, 1.82) is 0 Å². The number of likely N-dealkylation sites (tertiary alicyclic amines) is 1. The number of aryl methyl sites for hydroxylation is 1. The molecule has 29 heavy (non-hydrogen) atoms. The monoisotopic (exact) mass is 407 g/mol. The van der Waals surface area contributed by atoms with E-state index in [2.05, 4.69) is 30.4 Å². The molecule has 6 heteroatoms. The van der Waals surface area contributed by atoms with E-state index in [1.807, 2.05) is 30.0 Å². The zero-order valence-corrected chi connectivity index (χ0v) is 17.6. The molecule has 0 aromatic heterocycles. The van der Waals surface area contributed by atoms with Gasteiger partial charge in [-0.15, -0.1) is 0 Å². The first-order valence-corrected chi connectivity index (χ1v) is 10.9. The fraction of sp³-hybridized carbons (Fsp3) is 0.348. The lowest BCUT2D eigenvalue weighted by molar-refractivity contribution is -0.127. The summed E-state index contributed by atoms with van der Waals surface area (Å²) in [7, 11) is 0. The Balaban J connectivity index is 1.43. The van der Waals surface area contributed by atoms with Crippen molar-refractivity contribution in [2.75, 3.05) is 19.6 Å². The Hall–Kier alpha value is -2.60. The van der Waals surface area contributed by atoms with Crippen molar-refractivity contribution in [3.05, 3.63) is 53.1 Å². The molecule has 0 saturated carbocycles. The number of nitrogens with one attached hydrogen (secondary N) is 1. The van der Waals surface area contributed by atoms with Crippen LogP contribution in [0, 0.1) is 6.92 Å². The second kappa shape index (κ2) is 8.41. The Morgan fingerprint density at radius 2 is 2.00 bits per heavy atom. The first kappa shape index (κ1) is 19.7. The molecule has 0 spiro atoms. The summed E-state index contributed by atoms with van der Waals surface area (Å²) in [4.78, 5) is 33.1. The highest BCUT2D eigenvalue weighted by molar-refractivity contribution is 7.99. The third-order valence-corrected chi connectivity index (χ3v) is 6.46. The van der Waals surface area contributed by atoms with Gasteiger partial charge in [-0.25, -0.2) is 0 Å². The molecular formula is C23H25N3O2S. The SMILES string of the molecule is CC1=Nc2cc(C(=O)NCCCN3CCCC3=O)ccc2Sc2ccc(C)cc21. The van der Waals surface area contributed by atoms with Crippen molar-refractivity contribution in [3.63, 3.8) is 0 Å². The van der Waals surface area contributed by atoms with Crippen LogP contribution < -0.4 is 5.32 Å². The van der Waals surface area contributed by atoms with Gasteiger partial charge in [-0.3, -0.25) is 14.6 Å². The molecule has 0 unspecified atom stereocenters. The van der Waals surface area contributed by atoms with Gasteiger partial charge in [-0.1, -0.05) is 23.4 Å². The van der Waals surface area contributed by atoms with Crippen LogP contribution in [0.15, 0.2) is 51.2 Å². The second-order valence-corrected chi connectivity index (χ2v) is 8.66. The molecule has 2 amide bonds. The van der Waals surface area contributed by atoms with Gasteiger partial charge in [0.05, 0.1) is 5.69 Å². The number of amides is 2. The third-order valence-electron chi connectivity index (χ3n) is 5.32. The molecule has 2 aromatic carbocycles. The maximum Gasteiger partial charge on any atom is 0.251 e. The smallest absolute Gasteiger partial charge is 0.251 e. The van der Waals surface area contributed by atoms with Crippen molar-refractivity contribution >= 4 is 35.0 Å². The van der Waals surface area contributed by atoms with E-state index in [4.69, 9.17) is 4.99 Å². The maximum absolute atomic E-state index is 12.6. The van der Waals surface area contributed by atoms with E-state index in [0.29, 0.717) is 25.1 Å². The molecule has 2 aliphatic heterocycles. The van der Waals surface area contributed by atoms with Crippen molar-refractivity contribution in [1.82, 2.24) is 10.2 Å². The highest BCUT2D eigenvalue weighted by atomic mass is 32.2. The summed E-state index contributed by atoms with van der Waals surface area (Å²) in [6.07, 6.45) is 2.37. The molecule has 2 heterocycles. The Kier molecular flexibility index (Phi) is 5.72. The second-order valence-electron chi connectivity index (χ2n) is 7.58. The standard InChI is InChI=1S/C23H25N3O2S/c1-15-6-8-20-18(13-15)16(2)25-19-14-17(7-9-21(19)29-20)23(28)24-10-4-12-26-11-3-5-22(26)27/h6-9,13-14H,3-5,10-12H2,1-2H3,(H,24,28). The molecular weight excluding hydrogens is 382 g/mol. The van der Waals surface area contributed by atoms with E-state index in [-0.39, 0.29) is 11.8 Å². The molecule has 150 valence electrons. The minimum Gasteiger partial charge on any atom is -0.352 e. The van der Waals surface area contributed by atoms with Crippen LogP contribution in [0.2, 0.25) is 0 Å². The first-order valence-electron chi connectivity index (χ1n) is 10.1. The predicted molar refractivity (Wildman–Crippen MR) is 116 cm³/mol. The number of nitrogens with zero attached hydrogens (tertiary/aromatic N) is 2. The van der Waals surface area contributed by atoms with Gasteiger partial charge in [0.2, 0.25) is 5.91 Å². The molecule has 2 aromatic rings. The number of hydrogen-bond acceptors (Lipinski definition) is 4. The summed E-state index contributed by atoms with van der Waals surface area (Å²) < 4.78 is 0. The van der Waals surface area contributed by atoms with E-state index in [9.17, 15) is 9.59 Å². The van der Waals surface area contributed by atoms with Crippen LogP contribution in [0.25, 0.3) is 0 Å². The molecule has 2 aliphatic rings. The highest BCUT2D eigenvalue weighted by Gasteiger charge is 2.20. The number of carbonyl (C=O) groups excluding carboxylic acids is 2. The summed E-state index contributed by atoms with van der Waals surface area (Å²) in [5, 5.41) is 2.96. The Morgan fingerprint density at radius 1 is 1.17 bits per heavy atom. The first-order chi connectivity index (χ1) is 14.0. The summed E-state index contributed by atoms with van der Waals surface area (Å²) >= 11 is 1.69. The number of aliphatic imine (C=N–C) groups is 1. The van der Waals surface area contributed by atoms with Crippen LogP contribution in [-0.2, 0) is 4.79 Å². The van der Waals surface area contributed by atoms with Gasteiger partial charge in [0.1, 0.15) is 0 Å². The van der Waals surface area contributed by atoms with Crippen LogP contribution in [-0.4, -0.2) is 42.1 Å². The van der Waals surface area contributed by atoms with E-state index in [1.54, 1.807) is 11.8 Å². The van der Waals surface area contributed by atoms with Crippen molar-refractivity contribution < 1.29 is 9.59 Å². The van der Waals surface area contributed by atoms with Crippen LogP contribution in [0.5, 0.6) is 0 Å². The van der Waals surface area contributed by atoms with Gasteiger partial charge >= 0.3 is 0 Å². The maximum atomic E-state index is 12.6. The lowest BCUT2D eigenvalue weighted by Crippen LogP contribution is -2.30. The average molecular weight is 408 g/mol. The highest BCUT2D eigenvalue weighted by Crippen LogP contribution is 2.40. The molecule has 1 N–H and O–H groups in total. The lowest BCUT2D eigenvalue weighted by atomic mass is 10.1. The number of carbonyl (C=O) groups is 2. The van der Waals surface area contributed by atoms with Crippen LogP contribution in [0.4, 0.5) is 5.69 Å². The van der Waals surface area contributed by atoms with Crippen LogP contribution in [0.1, 0.15) is 47.7 Å². The molecule has 5 nitrogen and oxygen atoms in total. The molecule has 0 aliphatic carbocycles. The summed E-state index contributed by atoms with van der Waals surface area (Å²) in [6.45, 7) is 6.20. The van der Waals surface area contributed by atoms with Gasteiger partial charge in [0.25, 0.3) is 5.91 Å². The van der Waals surface area contributed by atoms with Gasteiger partial charge in [-0.2, -0.15) is 0 Å². The van der Waals surface area contributed by atoms with E-state index < -0.39 is 0 Å². The molecule has 1 saturated heterocycles. The van der Waals surface area contributed by atoms with Gasteiger partial charge in [-0.05, 0) is 57.0 Å². The van der Waals surface area contributed by atoms with Crippen LogP contribution >= 0.6 is 11.8 Å². The molecule has 0 radical (unpaired) electrons. The fourth-order valence-corrected chi connectivity index (χ4v) is 4.76. The molecule has 1 fully saturated rings. The number of hydrogen-bond donors (Lipinski definition) is 1. The zero-order chi connectivity index (χ0) is 20.4. The Morgan fingerprint density at radius 3 is 2.79 bits per heavy atom. The minimum absolute atomic E-state index is 0.101. The van der Waals surface area contributed by atoms with E-state index >= 15 is 0 Å². The quantitative estimate of drug-likeness (QED) is 0.750. The molecule has 4 rings (SSSR count). The minimum atomic E-state index is -0.101. The summed E-state index contributed by atoms with van der Waals surface area (Å²) in [5.41, 5.74) is 4.76. The van der Waals surface area contributed by atoms with Gasteiger partial charge in [0.15, 0.2) is 0 Å². The third kappa shape index (κ3) is 4.37. The van der Waals surface area contributed by atoms with E-state index in [0.717, 1.165) is 41.2 Å². The van der Waals surface area contributed by atoms with Gasteiger partial charge < -0.3 is 10.2 Å². The molecule has 0 bridgehead atoms. The fourth-order valence-electron chi connectivity index (χ4n) is 3.72. The predicted octanol–water partition coefficient (Wildman–Crippen LogP) is 4.34. The number of benzene rings is 2. The van der Waals surface area contributed by atoms with Crippen molar-refractivity contribution in [3.8, 4) is 0 Å². The van der Waals surface area contributed by atoms with Gasteiger partial charge in [0, 0.05) is 52.7 Å². The normalized spacial score (nSPS) is 15.4. The van der Waals surface area contributed by atoms with Crippen molar-refractivity contribution in [2.45, 2.75) is 42.9 Å². The Bertz CT molecular complexity index is 1000. The summed E-state index contributed by atoms with van der Waals surface area (Å²) in [5.74, 6) is 0.125. The zero-order valence-electron chi connectivity index (χ0n) is 16.8.